The lowest BCUT2D eigenvalue weighted by Crippen LogP contribution is -2.55. The van der Waals surface area contributed by atoms with Crippen LogP contribution in [0.25, 0.3) is 0 Å². The van der Waals surface area contributed by atoms with Gasteiger partial charge in [-0.1, -0.05) is 20.4 Å². The van der Waals surface area contributed by atoms with Crippen LogP contribution in [0.3, 0.4) is 0 Å². The molecule has 22 heavy (non-hydrogen) atoms. The number of amides is 2. The highest BCUT2D eigenvalue weighted by Crippen LogP contribution is 2.36. The Balaban J connectivity index is 1.94. The van der Waals surface area contributed by atoms with Gasteiger partial charge in [-0.25, -0.2) is 0 Å². The maximum absolute atomic E-state index is 12.6. The van der Waals surface area contributed by atoms with E-state index in [0.29, 0.717) is 17.5 Å². The highest BCUT2D eigenvalue weighted by Gasteiger charge is 2.38. The zero-order chi connectivity index (χ0) is 16.3. The number of thioether (sulfide) groups is 1. The van der Waals surface area contributed by atoms with Crippen LogP contribution in [-0.2, 0) is 9.59 Å². The third-order valence-corrected chi connectivity index (χ3v) is 6.16. The molecule has 0 radical (unpaired) electrons. The van der Waals surface area contributed by atoms with Gasteiger partial charge in [-0.2, -0.15) is 0 Å². The predicted molar refractivity (Wildman–Crippen MR) is 91.5 cm³/mol. The van der Waals surface area contributed by atoms with Crippen molar-refractivity contribution in [3.8, 4) is 0 Å². The maximum atomic E-state index is 12.6. The van der Waals surface area contributed by atoms with E-state index in [-0.39, 0.29) is 23.4 Å². The SMILES string of the molecule is C=CC(=O)N1CSC[C@H]1C(=O)NC1(C)CCC(C(C)C)CC1. The molecule has 0 aromatic carbocycles. The summed E-state index contributed by atoms with van der Waals surface area (Å²) in [5.74, 6) is 2.58. The lowest BCUT2D eigenvalue weighted by atomic mass is 9.73. The average molecular weight is 324 g/mol. The maximum Gasteiger partial charge on any atom is 0.247 e. The quantitative estimate of drug-likeness (QED) is 0.809. The predicted octanol–water partition coefficient (Wildman–Crippen LogP) is 2.80. The molecule has 1 N–H and O–H groups in total. The summed E-state index contributed by atoms with van der Waals surface area (Å²) in [5.41, 5.74) is -0.126. The summed E-state index contributed by atoms with van der Waals surface area (Å²) >= 11 is 1.62. The number of nitrogens with zero attached hydrogens (tertiary/aromatic N) is 1. The molecule has 2 aliphatic rings. The first-order chi connectivity index (χ1) is 10.4. The van der Waals surface area contributed by atoms with E-state index in [4.69, 9.17) is 0 Å². The first kappa shape index (κ1) is 17.4. The molecule has 0 bridgehead atoms. The zero-order valence-electron chi connectivity index (χ0n) is 13.9. The van der Waals surface area contributed by atoms with Crippen LogP contribution in [0.15, 0.2) is 12.7 Å². The Morgan fingerprint density at radius 3 is 2.55 bits per heavy atom. The number of carbonyl (C=O) groups is 2. The number of hydrogen-bond donors (Lipinski definition) is 1. The van der Waals surface area contributed by atoms with Crippen molar-refractivity contribution in [3.63, 3.8) is 0 Å². The molecule has 0 aromatic rings. The molecule has 5 heteroatoms. The first-order valence-electron chi connectivity index (χ1n) is 8.19. The topological polar surface area (TPSA) is 49.4 Å². The van der Waals surface area contributed by atoms with E-state index in [2.05, 4.69) is 32.7 Å². The molecular weight excluding hydrogens is 296 g/mol. The molecule has 1 atom stereocenters. The van der Waals surface area contributed by atoms with Crippen LogP contribution < -0.4 is 5.32 Å². The molecule has 1 saturated carbocycles. The van der Waals surface area contributed by atoms with Crippen LogP contribution in [0, 0.1) is 11.8 Å². The zero-order valence-corrected chi connectivity index (χ0v) is 14.7. The minimum Gasteiger partial charge on any atom is -0.349 e. The van der Waals surface area contributed by atoms with Crippen molar-refractivity contribution in [1.29, 1.82) is 0 Å². The molecule has 2 amide bonds. The van der Waals surface area contributed by atoms with Crippen LogP contribution >= 0.6 is 11.8 Å². The van der Waals surface area contributed by atoms with Gasteiger partial charge in [0, 0.05) is 11.3 Å². The Morgan fingerprint density at radius 1 is 1.36 bits per heavy atom. The highest BCUT2D eigenvalue weighted by atomic mass is 32.2. The van der Waals surface area contributed by atoms with Gasteiger partial charge < -0.3 is 10.2 Å². The molecule has 0 aromatic heterocycles. The molecule has 0 spiro atoms. The molecule has 1 heterocycles. The van der Waals surface area contributed by atoms with Gasteiger partial charge in [0.2, 0.25) is 11.8 Å². The van der Waals surface area contributed by atoms with Crippen molar-refractivity contribution in [1.82, 2.24) is 10.2 Å². The number of nitrogens with one attached hydrogen (secondary N) is 1. The van der Waals surface area contributed by atoms with Gasteiger partial charge in [-0.3, -0.25) is 9.59 Å². The molecule has 124 valence electrons. The smallest absolute Gasteiger partial charge is 0.247 e. The molecule has 2 rings (SSSR count). The molecule has 1 saturated heterocycles. The Kier molecular flexibility index (Phi) is 5.59. The first-order valence-corrected chi connectivity index (χ1v) is 9.34. The van der Waals surface area contributed by atoms with Gasteiger partial charge in [-0.15, -0.1) is 11.8 Å². The van der Waals surface area contributed by atoms with E-state index in [1.807, 2.05) is 0 Å². The van der Waals surface area contributed by atoms with E-state index in [9.17, 15) is 9.59 Å². The second kappa shape index (κ2) is 7.07. The van der Waals surface area contributed by atoms with Gasteiger partial charge >= 0.3 is 0 Å². The summed E-state index contributed by atoms with van der Waals surface area (Å²) in [6, 6.07) is -0.352. The molecular formula is C17H28N2O2S. The summed E-state index contributed by atoms with van der Waals surface area (Å²) < 4.78 is 0. The molecule has 1 aliphatic heterocycles. The van der Waals surface area contributed by atoms with E-state index < -0.39 is 0 Å². The third kappa shape index (κ3) is 3.86. The summed E-state index contributed by atoms with van der Waals surface area (Å²) in [6.45, 7) is 10.2. The van der Waals surface area contributed by atoms with Crippen LogP contribution in [-0.4, -0.2) is 39.9 Å². The minimum atomic E-state index is -0.352. The molecule has 0 unspecified atom stereocenters. The minimum absolute atomic E-state index is 0.00861. The van der Waals surface area contributed by atoms with Crippen molar-refractivity contribution in [3.05, 3.63) is 12.7 Å². The van der Waals surface area contributed by atoms with Crippen molar-refractivity contribution < 1.29 is 9.59 Å². The summed E-state index contributed by atoms with van der Waals surface area (Å²) in [5, 5.41) is 3.23. The number of carbonyl (C=O) groups excluding carboxylic acids is 2. The van der Waals surface area contributed by atoms with Gasteiger partial charge in [-0.05, 0) is 50.5 Å². The Bertz CT molecular complexity index is 442. The fourth-order valence-electron chi connectivity index (χ4n) is 3.44. The standard InChI is InChI=1S/C17H28N2O2S/c1-5-15(20)19-11-22-10-14(19)16(21)18-17(4)8-6-13(7-9-17)12(2)3/h5,12-14H,1,6-11H2,2-4H3,(H,18,21)/t13?,14-,17?/m0/s1. The summed E-state index contributed by atoms with van der Waals surface area (Å²) in [7, 11) is 0. The lowest BCUT2D eigenvalue weighted by molar-refractivity contribution is -0.136. The van der Waals surface area contributed by atoms with Crippen molar-refractivity contribution >= 4 is 23.6 Å². The van der Waals surface area contributed by atoms with E-state index in [0.717, 1.165) is 18.8 Å². The summed E-state index contributed by atoms with van der Waals surface area (Å²) in [6.07, 6.45) is 5.68. The van der Waals surface area contributed by atoms with E-state index in [1.165, 1.54) is 18.9 Å². The Hall–Kier alpha value is -0.970. The largest absolute Gasteiger partial charge is 0.349 e. The number of hydrogen-bond acceptors (Lipinski definition) is 3. The van der Waals surface area contributed by atoms with Crippen LogP contribution in [0.2, 0.25) is 0 Å². The van der Waals surface area contributed by atoms with Crippen molar-refractivity contribution in [2.75, 3.05) is 11.6 Å². The molecule has 4 nitrogen and oxygen atoms in total. The third-order valence-electron chi connectivity index (χ3n) is 5.14. The van der Waals surface area contributed by atoms with E-state index in [1.54, 1.807) is 16.7 Å². The molecule has 1 aliphatic carbocycles. The van der Waals surface area contributed by atoms with Gasteiger partial charge in [0.15, 0.2) is 0 Å². The second-order valence-electron chi connectivity index (χ2n) is 7.16. The lowest BCUT2D eigenvalue weighted by Gasteiger charge is -2.40. The average Bonchev–Trinajstić information content (AvgIpc) is 2.96. The second-order valence-corrected chi connectivity index (χ2v) is 8.16. The van der Waals surface area contributed by atoms with Crippen molar-refractivity contribution in [2.45, 2.75) is 58.0 Å². The Morgan fingerprint density at radius 2 is 2.00 bits per heavy atom. The van der Waals surface area contributed by atoms with E-state index >= 15 is 0 Å². The normalized spacial score (nSPS) is 32.1. The summed E-state index contributed by atoms with van der Waals surface area (Å²) in [4.78, 5) is 26.1. The van der Waals surface area contributed by atoms with Gasteiger partial charge in [0.25, 0.3) is 0 Å². The van der Waals surface area contributed by atoms with Crippen LogP contribution in [0.4, 0.5) is 0 Å². The van der Waals surface area contributed by atoms with Crippen LogP contribution in [0.1, 0.15) is 46.5 Å². The monoisotopic (exact) mass is 324 g/mol. The fraction of sp³-hybridized carbons (Fsp3) is 0.765. The van der Waals surface area contributed by atoms with Gasteiger partial charge in [0.1, 0.15) is 6.04 Å². The Labute approximate surface area is 138 Å². The fourth-order valence-corrected chi connectivity index (χ4v) is 4.61. The highest BCUT2D eigenvalue weighted by molar-refractivity contribution is 7.99. The van der Waals surface area contributed by atoms with Crippen molar-refractivity contribution in [2.24, 2.45) is 11.8 Å². The van der Waals surface area contributed by atoms with Crippen LogP contribution in [0.5, 0.6) is 0 Å². The molecule has 2 fully saturated rings. The number of rotatable bonds is 4. The van der Waals surface area contributed by atoms with Gasteiger partial charge in [0.05, 0.1) is 5.88 Å².